The number of aromatic amines is 1. The number of carbonyl (C=O) groups excluding carboxylic acids is 7. The Morgan fingerprint density at radius 3 is 1.75 bits per heavy atom. The highest BCUT2D eigenvalue weighted by molar-refractivity contribution is 5.99. The summed E-state index contributed by atoms with van der Waals surface area (Å²) >= 11 is 0. The Morgan fingerprint density at radius 1 is 0.631 bits per heavy atom. The topological polar surface area (TPSA) is 298 Å². The lowest BCUT2D eigenvalue weighted by Crippen LogP contribution is -2.62. The fraction of sp³-hybridized carbons (Fsp3) is 0.239. The molecule has 0 saturated carbocycles. The predicted octanol–water partition coefficient (Wildman–Crippen LogP) is 1.56. The van der Waals surface area contributed by atoms with Crippen LogP contribution in [0.2, 0.25) is 0 Å². The normalized spacial score (nSPS) is 21.4. The maximum Gasteiger partial charge on any atom is 0.333 e. The Balaban J connectivity index is 1.43. The van der Waals surface area contributed by atoms with E-state index in [0.717, 1.165) is 36.4 Å². The van der Waals surface area contributed by atoms with Gasteiger partial charge in [0.25, 0.3) is 5.91 Å². The molecule has 11 N–H and O–H groups in total. The first-order valence-corrected chi connectivity index (χ1v) is 20.3. The van der Waals surface area contributed by atoms with Crippen LogP contribution in [0.5, 0.6) is 23.0 Å². The Kier molecular flexibility index (Phi) is 14.7. The summed E-state index contributed by atoms with van der Waals surface area (Å²) in [4.78, 5) is 101. The number of ether oxygens (including phenoxy) is 1. The van der Waals surface area contributed by atoms with Gasteiger partial charge in [-0.05, 0) is 72.5 Å². The number of aromatic nitrogens is 1. The van der Waals surface area contributed by atoms with E-state index in [1.54, 1.807) is 66.7 Å². The van der Waals surface area contributed by atoms with Crippen molar-refractivity contribution < 1.29 is 58.7 Å². The third-order valence-electron chi connectivity index (χ3n) is 10.4. The zero-order valence-corrected chi connectivity index (χ0v) is 35.0. The van der Waals surface area contributed by atoms with Crippen LogP contribution in [0.15, 0.2) is 115 Å². The fourth-order valence-electron chi connectivity index (χ4n) is 7.08. The predicted molar refractivity (Wildman–Crippen MR) is 231 cm³/mol. The van der Waals surface area contributed by atoms with Crippen molar-refractivity contribution in [3.05, 3.63) is 143 Å². The van der Waals surface area contributed by atoms with Crippen LogP contribution in [-0.4, -0.2) is 97.1 Å². The lowest BCUT2D eigenvalue weighted by molar-refractivity contribution is -0.156. The summed E-state index contributed by atoms with van der Waals surface area (Å²) in [5, 5.41) is 56.8. The Labute approximate surface area is 371 Å². The van der Waals surface area contributed by atoms with E-state index in [4.69, 9.17) is 4.74 Å². The minimum atomic E-state index is -1.91. The summed E-state index contributed by atoms with van der Waals surface area (Å²) in [5.74, 6) is -8.93. The number of phenols is 4. The van der Waals surface area contributed by atoms with Crippen LogP contribution in [-0.2, 0) is 46.3 Å². The highest BCUT2D eigenvalue weighted by Crippen LogP contribution is 2.29. The average molecular weight is 890 g/mol. The van der Waals surface area contributed by atoms with Gasteiger partial charge in [-0.2, -0.15) is 0 Å². The Bertz CT molecular complexity index is 2500. The van der Waals surface area contributed by atoms with Gasteiger partial charge in [0.05, 0.1) is 0 Å². The van der Waals surface area contributed by atoms with Crippen molar-refractivity contribution in [2.45, 2.75) is 69.0 Å². The van der Waals surface area contributed by atoms with Gasteiger partial charge in [-0.3, -0.25) is 28.8 Å². The van der Waals surface area contributed by atoms with Gasteiger partial charge >= 0.3 is 5.97 Å². The molecule has 1 aliphatic rings. The number of phenolic OH excluding ortho intramolecular Hbond substituents is 4. The van der Waals surface area contributed by atoms with Gasteiger partial charge in [-0.25, -0.2) is 4.79 Å². The highest BCUT2D eigenvalue weighted by Gasteiger charge is 2.39. The van der Waals surface area contributed by atoms with E-state index < -0.39 is 107 Å². The van der Waals surface area contributed by atoms with Crippen LogP contribution >= 0.6 is 0 Å². The van der Waals surface area contributed by atoms with Crippen LogP contribution < -0.4 is 31.9 Å². The zero-order chi connectivity index (χ0) is 46.8. The molecule has 338 valence electrons. The van der Waals surface area contributed by atoms with Crippen LogP contribution in [0.25, 0.3) is 0 Å². The van der Waals surface area contributed by atoms with Crippen molar-refractivity contribution in [3.8, 4) is 23.0 Å². The molecular formula is C46H47N7O12. The van der Waals surface area contributed by atoms with Crippen molar-refractivity contribution in [1.29, 1.82) is 0 Å². The number of cyclic esters (lactones) is 1. The molecule has 7 unspecified atom stereocenters. The number of H-pyrrole nitrogens is 1. The minimum Gasteiger partial charge on any atom is -0.508 e. The molecule has 4 aromatic carbocycles. The summed E-state index contributed by atoms with van der Waals surface area (Å²) in [6.07, 6.45) is -0.311. The van der Waals surface area contributed by atoms with Crippen LogP contribution in [0, 0.1) is 0 Å². The van der Waals surface area contributed by atoms with Gasteiger partial charge < -0.3 is 62.0 Å². The molecule has 0 spiro atoms. The monoisotopic (exact) mass is 889 g/mol. The van der Waals surface area contributed by atoms with Crippen molar-refractivity contribution in [3.63, 3.8) is 0 Å². The largest absolute Gasteiger partial charge is 0.508 e. The molecular weight excluding hydrogens is 843 g/mol. The second kappa shape index (κ2) is 20.7. The zero-order valence-electron chi connectivity index (χ0n) is 35.0. The van der Waals surface area contributed by atoms with E-state index in [2.05, 4.69) is 36.9 Å². The van der Waals surface area contributed by atoms with Crippen molar-refractivity contribution >= 4 is 41.4 Å². The number of benzene rings is 4. The van der Waals surface area contributed by atoms with Gasteiger partial charge in [0.2, 0.25) is 29.5 Å². The molecule has 6 rings (SSSR count). The Morgan fingerprint density at radius 2 is 1.18 bits per heavy atom. The lowest BCUT2D eigenvalue weighted by atomic mass is 10.0. The van der Waals surface area contributed by atoms with Gasteiger partial charge in [0, 0.05) is 31.2 Å². The quantitative estimate of drug-likeness (QED) is 0.0891. The molecule has 7 atom stereocenters. The molecule has 0 bridgehead atoms. The molecule has 1 saturated heterocycles. The van der Waals surface area contributed by atoms with Crippen molar-refractivity contribution in [1.82, 2.24) is 36.9 Å². The molecule has 19 nitrogen and oxygen atoms in total. The fourth-order valence-corrected chi connectivity index (χ4v) is 7.08. The summed E-state index contributed by atoms with van der Waals surface area (Å²) in [7, 11) is 0. The maximum absolute atomic E-state index is 14.5. The molecule has 1 aliphatic heterocycles. The third-order valence-corrected chi connectivity index (χ3v) is 10.4. The minimum absolute atomic E-state index is 0.0617. The average Bonchev–Trinajstić information content (AvgIpc) is 3.81. The second-order valence-electron chi connectivity index (χ2n) is 15.4. The van der Waals surface area contributed by atoms with Crippen LogP contribution in [0.4, 0.5) is 0 Å². The molecule has 1 aromatic heterocycles. The number of hydrogen-bond donors (Lipinski definition) is 11. The second-order valence-corrected chi connectivity index (χ2v) is 15.4. The van der Waals surface area contributed by atoms with E-state index in [9.17, 15) is 54.0 Å². The van der Waals surface area contributed by atoms with Crippen LogP contribution in [0.1, 0.15) is 58.7 Å². The number of amides is 6. The highest BCUT2D eigenvalue weighted by atomic mass is 16.5. The van der Waals surface area contributed by atoms with Gasteiger partial charge in [-0.15, -0.1) is 0 Å². The molecule has 1 fully saturated rings. The number of nitrogens with one attached hydrogen (secondary N) is 7. The third kappa shape index (κ3) is 12.2. The summed E-state index contributed by atoms with van der Waals surface area (Å²) in [5.41, 5.74) is 0.935. The molecule has 65 heavy (non-hydrogen) atoms. The van der Waals surface area contributed by atoms with E-state index in [-0.39, 0.29) is 29.7 Å². The number of rotatable bonds is 10. The number of hydrogen-bond acceptors (Lipinski definition) is 12. The maximum atomic E-state index is 14.5. The molecule has 6 amide bonds. The Hall–Kier alpha value is -8.35. The first-order chi connectivity index (χ1) is 31.0. The summed E-state index contributed by atoms with van der Waals surface area (Å²) < 4.78 is 5.81. The van der Waals surface area contributed by atoms with E-state index >= 15 is 0 Å². The van der Waals surface area contributed by atoms with Gasteiger partial charge in [0.1, 0.15) is 65.0 Å². The SMILES string of the molecule is CC1NC(=O)C(Cc2ccccc2)NC(=O)C(NC(=O)C(Cc2ccccc2)NC(=O)c2ccc[nH]2)C(C)OC(=O)C(c2cc(O)cc(O)c2)NC(=O)C(c2cc(O)cc(O)c2)NC1=O. The van der Waals surface area contributed by atoms with Crippen molar-refractivity contribution in [2.24, 2.45) is 0 Å². The molecule has 5 aromatic rings. The number of carbonyl (C=O) groups is 7. The smallest absolute Gasteiger partial charge is 0.333 e. The summed E-state index contributed by atoms with van der Waals surface area (Å²) in [6, 6.07) is 16.7. The van der Waals surface area contributed by atoms with Gasteiger partial charge in [-0.1, -0.05) is 60.7 Å². The van der Waals surface area contributed by atoms with E-state index in [1.807, 2.05) is 0 Å². The standard InChI is InChI=1S/C46H47N7O12/c1-24-40(58)52-38(28-18-30(54)22-31(55)19-28)45(63)53-39(29-20-32(56)23-33(57)21-29)46(64)65-25(2)37(44(62)50-35(42(60)48-24)16-26-10-5-3-6-11-26)51-43(61)36(17-27-12-7-4-8-13-27)49-41(59)34-14-9-15-47-34/h3-15,18-25,35-39,47,54-57H,16-17H2,1-2H3,(H,48,60)(H,49,59)(H,50,62)(H,51,61)(H,52,58)(H,53,63). The van der Waals surface area contributed by atoms with E-state index in [0.29, 0.717) is 11.1 Å². The lowest BCUT2D eigenvalue weighted by Gasteiger charge is -2.31. The number of aromatic hydroxyl groups is 4. The molecule has 0 aliphatic carbocycles. The van der Waals surface area contributed by atoms with Crippen molar-refractivity contribution in [2.75, 3.05) is 0 Å². The van der Waals surface area contributed by atoms with Gasteiger partial charge in [0.15, 0.2) is 6.04 Å². The molecule has 2 heterocycles. The van der Waals surface area contributed by atoms with Crippen LogP contribution in [0.3, 0.4) is 0 Å². The summed E-state index contributed by atoms with van der Waals surface area (Å²) in [6.45, 7) is 2.54. The molecule has 0 radical (unpaired) electrons. The first kappa shape index (κ1) is 46.2. The number of esters is 1. The first-order valence-electron chi connectivity index (χ1n) is 20.3. The van der Waals surface area contributed by atoms with E-state index in [1.165, 1.54) is 26.1 Å². The molecule has 19 heteroatoms.